The number of aldehydes is 2. The number of para-hydroxylation sites is 2. The van der Waals surface area contributed by atoms with Crippen LogP contribution in [0.2, 0.25) is 0 Å². The Labute approximate surface area is 146 Å². The Hall–Kier alpha value is -2.47. The molecule has 130 valence electrons. The van der Waals surface area contributed by atoms with Gasteiger partial charge in [-0.05, 0) is 24.3 Å². The summed E-state index contributed by atoms with van der Waals surface area (Å²) in [7, 11) is 0. The van der Waals surface area contributed by atoms with Crippen LogP contribution in [0.5, 0.6) is 11.5 Å². The number of benzene rings is 2. The minimum Gasteiger partial charge on any atom is -0.507 e. The van der Waals surface area contributed by atoms with Crippen LogP contribution in [0.15, 0.2) is 61.7 Å². The summed E-state index contributed by atoms with van der Waals surface area (Å²) in [6.45, 7) is 6.00. The molecule has 23 heavy (non-hydrogen) atoms. The fraction of sp³-hybridized carbons (Fsp3) is 0. The van der Waals surface area contributed by atoms with Gasteiger partial charge in [-0.3, -0.25) is 9.59 Å². The molecular weight excluding hydrogens is 343 g/mol. The zero-order chi connectivity index (χ0) is 15.4. The average Bonchev–Trinajstić information content (AvgIpc) is 2.51. The maximum atomic E-state index is 10.1. The Balaban J connectivity index is -0.000000127. The van der Waals surface area contributed by atoms with Gasteiger partial charge in [0.15, 0.2) is 12.6 Å². The first-order valence-corrected chi connectivity index (χ1v) is 5.65. The van der Waals surface area contributed by atoms with Crippen molar-refractivity contribution in [3.63, 3.8) is 0 Å². The molecule has 8 N–H and O–H groups in total. The van der Waals surface area contributed by atoms with Gasteiger partial charge in [0.05, 0.1) is 11.1 Å². The molecule has 0 fully saturated rings. The van der Waals surface area contributed by atoms with Crippen LogP contribution in [0.3, 0.4) is 0 Å². The Morgan fingerprint density at radius 3 is 1.13 bits per heavy atom. The molecule has 0 aromatic heterocycles. The third kappa shape index (κ3) is 10.8. The van der Waals surface area contributed by atoms with E-state index in [0.717, 1.165) is 0 Å². The minimum absolute atomic E-state index is 0. The Morgan fingerprint density at radius 2 is 0.957 bits per heavy atom. The maximum Gasteiger partial charge on any atom is 0.153 e. The predicted octanol–water partition coefficient (Wildman–Crippen LogP) is 3.53. The molecular formula is C16H22N2NiO4. The fourth-order valence-corrected chi connectivity index (χ4v) is 1.17. The monoisotopic (exact) mass is 364 g/mol. The second-order valence-electron chi connectivity index (χ2n) is 3.35. The molecule has 0 amide bonds. The predicted molar refractivity (Wildman–Crippen MR) is 88.3 cm³/mol. The molecule has 0 aliphatic carbocycles. The van der Waals surface area contributed by atoms with E-state index in [1.165, 1.54) is 12.1 Å². The maximum absolute atomic E-state index is 10.1. The normalized spacial score (nSPS) is 7.13. The molecule has 0 heterocycles. The third-order valence-electron chi connectivity index (χ3n) is 2.13. The first kappa shape index (κ1) is 28.7. The number of phenols is 2. The molecule has 0 atom stereocenters. The number of rotatable bonds is 2. The Kier molecular flexibility index (Phi) is 21.9. The molecule has 2 rings (SSSR count). The zero-order valence-electron chi connectivity index (χ0n) is 12.6. The number of hydrogen-bond acceptors (Lipinski definition) is 6. The van der Waals surface area contributed by atoms with Crippen molar-refractivity contribution in [2.45, 2.75) is 0 Å². The minimum atomic E-state index is 0. The first-order valence-electron chi connectivity index (χ1n) is 5.65. The summed E-state index contributed by atoms with van der Waals surface area (Å²) >= 11 is 0. The molecule has 7 heteroatoms. The van der Waals surface area contributed by atoms with Crippen molar-refractivity contribution in [1.82, 2.24) is 12.3 Å². The van der Waals surface area contributed by atoms with Crippen molar-refractivity contribution in [2.75, 3.05) is 0 Å². The van der Waals surface area contributed by atoms with Crippen LogP contribution in [0.1, 0.15) is 20.7 Å². The molecule has 0 radical (unpaired) electrons. The van der Waals surface area contributed by atoms with E-state index < -0.39 is 0 Å². The van der Waals surface area contributed by atoms with Gasteiger partial charge in [0.2, 0.25) is 0 Å². The van der Waals surface area contributed by atoms with E-state index in [1.54, 1.807) is 36.4 Å². The molecule has 0 saturated carbocycles. The Morgan fingerprint density at radius 1 is 0.696 bits per heavy atom. The second kappa shape index (κ2) is 17.6. The standard InChI is InChI=1S/2C7H6O2.C2H4.2H3N.Ni/c2*8-5-6-3-1-2-4-7(6)9;1-2;;;/h2*1-5,9H;1-2H2;2*1H3;. The summed E-state index contributed by atoms with van der Waals surface area (Å²) < 4.78 is 0. The van der Waals surface area contributed by atoms with Crippen molar-refractivity contribution < 1.29 is 36.3 Å². The smallest absolute Gasteiger partial charge is 0.153 e. The van der Waals surface area contributed by atoms with Gasteiger partial charge in [-0.1, -0.05) is 24.3 Å². The van der Waals surface area contributed by atoms with Gasteiger partial charge in [0.25, 0.3) is 0 Å². The van der Waals surface area contributed by atoms with Crippen LogP contribution in [0.4, 0.5) is 0 Å². The van der Waals surface area contributed by atoms with Crippen molar-refractivity contribution in [3.8, 4) is 11.5 Å². The van der Waals surface area contributed by atoms with Gasteiger partial charge in [0, 0.05) is 16.5 Å². The summed E-state index contributed by atoms with van der Waals surface area (Å²) in [5.41, 5.74) is 0.662. The molecule has 2 aromatic carbocycles. The SMILES string of the molecule is C=C.N.N.O=Cc1ccccc1O.O=Cc1ccccc1O.[Ni]. The molecule has 0 spiro atoms. The van der Waals surface area contributed by atoms with Gasteiger partial charge in [0.1, 0.15) is 11.5 Å². The summed E-state index contributed by atoms with van der Waals surface area (Å²) in [6.07, 6.45) is 1.24. The van der Waals surface area contributed by atoms with Crippen LogP contribution < -0.4 is 12.3 Å². The Bertz CT molecular complexity index is 516. The van der Waals surface area contributed by atoms with Gasteiger partial charge in [-0.15, -0.1) is 13.2 Å². The van der Waals surface area contributed by atoms with E-state index >= 15 is 0 Å². The quantitative estimate of drug-likeness (QED) is 0.364. The number of carbonyl (C=O) groups is 2. The van der Waals surface area contributed by atoms with Gasteiger partial charge < -0.3 is 22.5 Å². The third-order valence-corrected chi connectivity index (χ3v) is 2.13. The van der Waals surface area contributed by atoms with Crippen LogP contribution in [-0.2, 0) is 16.5 Å². The molecule has 0 bridgehead atoms. The molecule has 0 aliphatic heterocycles. The van der Waals surface area contributed by atoms with E-state index in [9.17, 15) is 9.59 Å². The summed E-state index contributed by atoms with van der Waals surface area (Å²) in [5.74, 6) is 0.0694. The summed E-state index contributed by atoms with van der Waals surface area (Å²) in [6, 6.07) is 12.8. The summed E-state index contributed by atoms with van der Waals surface area (Å²) in [4.78, 5) is 20.1. The van der Waals surface area contributed by atoms with Gasteiger partial charge in [-0.25, -0.2) is 0 Å². The fourth-order valence-electron chi connectivity index (χ4n) is 1.17. The van der Waals surface area contributed by atoms with Crippen LogP contribution in [0, 0.1) is 0 Å². The average molecular weight is 365 g/mol. The number of phenolic OH excluding ortho intramolecular Hbond substituents is 2. The van der Waals surface area contributed by atoms with Crippen molar-refractivity contribution >= 4 is 12.6 Å². The van der Waals surface area contributed by atoms with Crippen molar-refractivity contribution in [3.05, 3.63) is 72.8 Å². The van der Waals surface area contributed by atoms with Gasteiger partial charge in [-0.2, -0.15) is 0 Å². The molecule has 0 unspecified atom stereocenters. The van der Waals surface area contributed by atoms with E-state index in [4.69, 9.17) is 10.2 Å². The molecule has 0 saturated heterocycles. The molecule has 6 nitrogen and oxygen atoms in total. The van der Waals surface area contributed by atoms with Crippen LogP contribution in [0.25, 0.3) is 0 Å². The van der Waals surface area contributed by atoms with Crippen molar-refractivity contribution in [2.24, 2.45) is 0 Å². The summed E-state index contributed by atoms with van der Waals surface area (Å²) in [5, 5.41) is 17.8. The number of aromatic hydroxyl groups is 2. The van der Waals surface area contributed by atoms with E-state index in [0.29, 0.717) is 23.7 Å². The van der Waals surface area contributed by atoms with Crippen LogP contribution >= 0.6 is 0 Å². The topological polar surface area (TPSA) is 145 Å². The van der Waals surface area contributed by atoms with Crippen LogP contribution in [-0.4, -0.2) is 22.8 Å². The van der Waals surface area contributed by atoms with Crippen molar-refractivity contribution in [1.29, 1.82) is 0 Å². The van der Waals surface area contributed by atoms with E-state index in [2.05, 4.69) is 13.2 Å². The second-order valence-corrected chi connectivity index (χ2v) is 3.35. The van der Waals surface area contributed by atoms with E-state index in [-0.39, 0.29) is 40.3 Å². The largest absolute Gasteiger partial charge is 0.507 e. The first-order chi connectivity index (χ1) is 9.69. The number of carbonyl (C=O) groups excluding carboxylic acids is 2. The number of hydrogen-bond donors (Lipinski definition) is 4. The molecule has 0 aliphatic rings. The van der Waals surface area contributed by atoms with Gasteiger partial charge >= 0.3 is 0 Å². The van der Waals surface area contributed by atoms with E-state index in [1.807, 2.05) is 0 Å². The zero-order valence-corrected chi connectivity index (χ0v) is 13.6. The molecule has 2 aromatic rings.